The van der Waals surface area contributed by atoms with Crippen LogP contribution in [-0.2, 0) is 9.53 Å². The highest BCUT2D eigenvalue weighted by molar-refractivity contribution is 5.91. The maximum Gasteiger partial charge on any atom is 0.307 e. The smallest absolute Gasteiger partial charge is 0.307 e. The van der Waals surface area contributed by atoms with Gasteiger partial charge in [-0.05, 0) is 18.1 Å². The van der Waals surface area contributed by atoms with Crippen LogP contribution in [0, 0.1) is 5.92 Å². The summed E-state index contributed by atoms with van der Waals surface area (Å²) in [7, 11) is 0. The molecule has 1 N–H and O–H groups in total. The van der Waals surface area contributed by atoms with E-state index in [0.29, 0.717) is 12.5 Å². The van der Waals surface area contributed by atoms with E-state index in [1.165, 1.54) is 6.26 Å². The van der Waals surface area contributed by atoms with Crippen LogP contribution in [0.15, 0.2) is 22.8 Å². The van der Waals surface area contributed by atoms with Crippen molar-refractivity contribution in [1.29, 1.82) is 0 Å². The third kappa shape index (κ3) is 5.19. The zero-order valence-corrected chi connectivity index (χ0v) is 10.1. The minimum Gasteiger partial charge on any atom is -0.465 e. The second-order valence-electron chi connectivity index (χ2n) is 4.06. The van der Waals surface area contributed by atoms with Crippen molar-refractivity contribution in [1.82, 2.24) is 5.32 Å². The Morgan fingerprint density at radius 2 is 2.24 bits per heavy atom. The predicted octanol–water partition coefficient (Wildman–Crippen LogP) is 1.60. The maximum absolute atomic E-state index is 11.4. The molecule has 0 aliphatic rings. The van der Waals surface area contributed by atoms with E-state index in [9.17, 15) is 9.59 Å². The number of nitrogens with one attached hydrogen (secondary N) is 1. The van der Waals surface area contributed by atoms with Gasteiger partial charge < -0.3 is 14.5 Å². The third-order valence-corrected chi connectivity index (χ3v) is 1.94. The second-order valence-corrected chi connectivity index (χ2v) is 4.06. The topological polar surface area (TPSA) is 68.5 Å². The van der Waals surface area contributed by atoms with Gasteiger partial charge in [-0.3, -0.25) is 9.59 Å². The van der Waals surface area contributed by atoms with Crippen LogP contribution in [0.5, 0.6) is 0 Å². The molecule has 0 aliphatic heterocycles. The van der Waals surface area contributed by atoms with Gasteiger partial charge >= 0.3 is 5.97 Å². The Balaban J connectivity index is 2.15. The van der Waals surface area contributed by atoms with E-state index in [1.54, 1.807) is 12.1 Å². The lowest BCUT2D eigenvalue weighted by Crippen LogP contribution is -2.26. The highest BCUT2D eigenvalue weighted by Gasteiger charge is 2.09. The number of carbonyl (C=O) groups excluding carboxylic acids is 2. The van der Waals surface area contributed by atoms with Crippen molar-refractivity contribution in [2.24, 2.45) is 5.92 Å². The van der Waals surface area contributed by atoms with Gasteiger partial charge in [0.1, 0.15) is 0 Å². The number of rotatable bonds is 6. The first kappa shape index (κ1) is 13.3. The van der Waals surface area contributed by atoms with Crippen LogP contribution >= 0.6 is 0 Å². The van der Waals surface area contributed by atoms with Crippen LogP contribution in [0.1, 0.15) is 30.8 Å². The van der Waals surface area contributed by atoms with Crippen molar-refractivity contribution in [3.63, 3.8) is 0 Å². The molecule has 0 radical (unpaired) electrons. The van der Waals surface area contributed by atoms with Gasteiger partial charge in [0.05, 0.1) is 19.3 Å². The Hall–Kier alpha value is -1.78. The molecule has 0 aliphatic carbocycles. The summed E-state index contributed by atoms with van der Waals surface area (Å²) in [5.74, 6) is -0.0812. The van der Waals surface area contributed by atoms with Gasteiger partial charge in [-0.25, -0.2) is 0 Å². The van der Waals surface area contributed by atoms with E-state index in [4.69, 9.17) is 9.15 Å². The molecule has 0 bridgehead atoms. The molecule has 0 saturated carbocycles. The van der Waals surface area contributed by atoms with Crippen molar-refractivity contribution in [2.75, 3.05) is 13.2 Å². The summed E-state index contributed by atoms with van der Waals surface area (Å²) in [4.78, 5) is 22.6. The Bertz CT molecular complexity index is 357. The number of hydrogen-bond acceptors (Lipinski definition) is 4. The van der Waals surface area contributed by atoms with E-state index in [1.807, 2.05) is 13.8 Å². The molecular weight excluding hydrogens is 222 g/mol. The molecule has 5 heteroatoms. The van der Waals surface area contributed by atoms with Crippen molar-refractivity contribution >= 4 is 11.9 Å². The van der Waals surface area contributed by atoms with Crippen molar-refractivity contribution in [3.05, 3.63) is 24.2 Å². The van der Waals surface area contributed by atoms with Gasteiger partial charge in [-0.2, -0.15) is 0 Å². The normalized spacial score (nSPS) is 10.3. The van der Waals surface area contributed by atoms with Gasteiger partial charge in [0.2, 0.25) is 0 Å². The quantitative estimate of drug-likeness (QED) is 0.765. The molecule has 0 spiro atoms. The molecule has 1 amide bonds. The second kappa shape index (κ2) is 6.73. The van der Waals surface area contributed by atoms with E-state index in [0.717, 1.165) is 0 Å². The van der Waals surface area contributed by atoms with E-state index in [2.05, 4.69) is 5.32 Å². The fourth-order valence-electron chi connectivity index (χ4n) is 1.10. The molecule has 0 fully saturated rings. The monoisotopic (exact) mass is 239 g/mol. The largest absolute Gasteiger partial charge is 0.465 e. The molecule has 94 valence electrons. The summed E-state index contributed by atoms with van der Waals surface area (Å²) < 4.78 is 9.87. The van der Waals surface area contributed by atoms with Crippen LogP contribution in [0.25, 0.3) is 0 Å². The zero-order valence-electron chi connectivity index (χ0n) is 10.1. The number of furan rings is 1. The molecule has 1 aromatic heterocycles. The number of carbonyl (C=O) groups is 2. The van der Waals surface area contributed by atoms with E-state index >= 15 is 0 Å². The standard InChI is InChI=1S/C12H17NO4/c1-9(2)8-17-11(14)5-6-13-12(15)10-4-3-7-16-10/h3-4,7,9H,5-6,8H2,1-2H3,(H,13,15). The van der Waals surface area contributed by atoms with Gasteiger partial charge in [-0.15, -0.1) is 0 Å². The third-order valence-electron chi connectivity index (χ3n) is 1.94. The number of hydrogen-bond donors (Lipinski definition) is 1. The van der Waals surface area contributed by atoms with Crippen LogP contribution in [-0.4, -0.2) is 25.0 Å². The lowest BCUT2D eigenvalue weighted by Gasteiger charge is -2.07. The predicted molar refractivity (Wildman–Crippen MR) is 61.5 cm³/mol. The van der Waals surface area contributed by atoms with Crippen LogP contribution in [0.4, 0.5) is 0 Å². The molecule has 17 heavy (non-hydrogen) atoms. The average Bonchev–Trinajstić information content (AvgIpc) is 2.79. The average molecular weight is 239 g/mol. The summed E-state index contributed by atoms with van der Waals surface area (Å²) in [5.41, 5.74) is 0. The molecule has 1 rings (SSSR count). The minimum atomic E-state index is -0.327. The van der Waals surface area contributed by atoms with E-state index < -0.39 is 0 Å². The molecule has 1 heterocycles. The molecule has 0 unspecified atom stereocenters. The fourth-order valence-corrected chi connectivity index (χ4v) is 1.10. The van der Waals surface area contributed by atoms with Gasteiger partial charge in [-0.1, -0.05) is 13.8 Å². The summed E-state index contributed by atoms with van der Waals surface area (Å²) in [5, 5.41) is 2.57. The first-order valence-corrected chi connectivity index (χ1v) is 5.57. The molecular formula is C12H17NO4. The fraction of sp³-hybridized carbons (Fsp3) is 0.500. The van der Waals surface area contributed by atoms with Crippen molar-refractivity contribution in [2.45, 2.75) is 20.3 Å². The lowest BCUT2D eigenvalue weighted by molar-refractivity contribution is -0.144. The first-order chi connectivity index (χ1) is 8.09. The number of esters is 1. The number of ether oxygens (including phenoxy) is 1. The first-order valence-electron chi connectivity index (χ1n) is 5.57. The molecule has 5 nitrogen and oxygen atoms in total. The van der Waals surface area contributed by atoms with Crippen molar-refractivity contribution < 1.29 is 18.7 Å². The summed E-state index contributed by atoms with van der Waals surface area (Å²) >= 11 is 0. The SMILES string of the molecule is CC(C)COC(=O)CCNC(=O)c1ccco1. The molecule has 0 atom stereocenters. The van der Waals surface area contributed by atoms with Crippen LogP contribution in [0.3, 0.4) is 0 Å². The van der Waals surface area contributed by atoms with Gasteiger partial charge in [0.15, 0.2) is 5.76 Å². The Morgan fingerprint density at radius 3 is 2.82 bits per heavy atom. The highest BCUT2D eigenvalue weighted by Crippen LogP contribution is 1.99. The van der Waals surface area contributed by atoms with Crippen LogP contribution in [0.2, 0.25) is 0 Å². The number of amides is 1. The summed E-state index contributed by atoms with van der Waals surface area (Å²) in [6.07, 6.45) is 1.59. The highest BCUT2D eigenvalue weighted by atomic mass is 16.5. The molecule has 1 aromatic rings. The van der Waals surface area contributed by atoms with Crippen LogP contribution < -0.4 is 5.32 Å². The van der Waals surface area contributed by atoms with Gasteiger partial charge in [0.25, 0.3) is 5.91 Å². The maximum atomic E-state index is 11.4. The van der Waals surface area contributed by atoms with Crippen molar-refractivity contribution in [3.8, 4) is 0 Å². The minimum absolute atomic E-state index is 0.166. The molecule has 0 aromatic carbocycles. The zero-order chi connectivity index (χ0) is 12.7. The molecule has 0 saturated heterocycles. The Labute approximate surface area is 100 Å². The van der Waals surface area contributed by atoms with E-state index in [-0.39, 0.29) is 30.6 Å². The van der Waals surface area contributed by atoms with Gasteiger partial charge in [0, 0.05) is 6.54 Å². The Morgan fingerprint density at radius 1 is 1.47 bits per heavy atom. The summed E-state index contributed by atoms with van der Waals surface area (Å²) in [6, 6.07) is 3.19. The summed E-state index contributed by atoms with van der Waals surface area (Å²) in [6.45, 7) is 4.58. The lowest BCUT2D eigenvalue weighted by atomic mass is 10.2. The Kier molecular flexibility index (Phi) is 5.26.